The number of hydrogen-bond acceptors (Lipinski definition) is 2. The van der Waals surface area contributed by atoms with Crippen LogP contribution in [0.2, 0.25) is 0 Å². The van der Waals surface area contributed by atoms with Crippen LogP contribution in [0, 0.1) is 5.92 Å². The zero-order valence-electron chi connectivity index (χ0n) is 11.5. The van der Waals surface area contributed by atoms with Crippen molar-refractivity contribution in [2.75, 3.05) is 13.1 Å². The maximum absolute atomic E-state index is 12.1. The second kappa shape index (κ2) is 5.33. The van der Waals surface area contributed by atoms with Gasteiger partial charge in [-0.15, -0.1) is 0 Å². The van der Waals surface area contributed by atoms with E-state index in [1.54, 1.807) is 0 Å². The van der Waals surface area contributed by atoms with E-state index in [0.717, 1.165) is 25.9 Å². The van der Waals surface area contributed by atoms with E-state index < -0.39 is 0 Å². The number of nitrogens with one attached hydrogen (secondary N) is 2. The van der Waals surface area contributed by atoms with Crippen molar-refractivity contribution in [2.24, 2.45) is 5.92 Å². The van der Waals surface area contributed by atoms with E-state index in [-0.39, 0.29) is 11.9 Å². The molecule has 19 heavy (non-hydrogen) atoms. The fourth-order valence-corrected chi connectivity index (χ4v) is 3.20. The highest BCUT2D eigenvalue weighted by molar-refractivity contribution is 5.82. The molecule has 1 fully saturated rings. The van der Waals surface area contributed by atoms with Crippen molar-refractivity contribution >= 4 is 5.91 Å². The van der Waals surface area contributed by atoms with Gasteiger partial charge >= 0.3 is 0 Å². The number of carbonyl (C=O) groups is 1. The third-order valence-corrected chi connectivity index (χ3v) is 4.47. The first-order valence-electron chi connectivity index (χ1n) is 7.33. The summed E-state index contributed by atoms with van der Waals surface area (Å²) in [4.78, 5) is 12.1. The highest BCUT2D eigenvalue weighted by Gasteiger charge is 2.28. The third-order valence-electron chi connectivity index (χ3n) is 4.47. The first-order valence-corrected chi connectivity index (χ1v) is 7.33. The van der Waals surface area contributed by atoms with Crippen LogP contribution >= 0.6 is 0 Å². The standard InChI is InChI=1S/C16H22N2O/c1-11-6-7-17-15(8-11)16(19)18-10-13-9-12-4-2-3-5-14(12)13/h2-5,11,13,15,17H,6-10H2,1H3,(H,18,19). The Bertz CT molecular complexity index is 472. The molecule has 0 bridgehead atoms. The van der Waals surface area contributed by atoms with Gasteiger partial charge in [0.25, 0.3) is 0 Å². The molecule has 1 aromatic carbocycles. The molecule has 0 saturated carbocycles. The van der Waals surface area contributed by atoms with E-state index in [0.29, 0.717) is 11.8 Å². The van der Waals surface area contributed by atoms with Gasteiger partial charge in [-0.2, -0.15) is 0 Å². The molecule has 1 saturated heterocycles. The molecule has 1 aromatic rings. The first-order chi connectivity index (χ1) is 9.24. The Morgan fingerprint density at radius 3 is 3.05 bits per heavy atom. The number of fused-ring (bicyclic) bond motifs is 1. The Kier molecular flexibility index (Phi) is 3.56. The van der Waals surface area contributed by atoms with Crippen LogP contribution in [0.5, 0.6) is 0 Å². The van der Waals surface area contributed by atoms with Gasteiger partial charge in [-0.05, 0) is 42.9 Å². The van der Waals surface area contributed by atoms with Crippen LogP contribution in [0.15, 0.2) is 24.3 Å². The first kappa shape index (κ1) is 12.7. The molecule has 1 aliphatic carbocycles. The lowest BCUT2D eigenvalue weighted by molar-refractivity contribution is -0.124. The molecule has 1 aliphatic heterocycles. The number of piperidine rings is 1. The van der Waals surface area contributed by atoms with Gasteiger partial charge in [-0.25, -0.2) is 0 Å². The number of carbonyl (C=O) groups excluding carboxylic acids is 1. The van der Waals surface area contributed by atoms with E-state index >= 15 is 0 Å². The second-order valence-electron chi connectivity index (χ2n) is 5.98. The Morgan fingerprint density at radius 2 is 2.26 bits per heavy atom. The Balaban J connectivity index is 1.49. The molecule has 2 N–H and O–H groups in total. The molecule has 1 heterocycles. The molecule has 3 nitrogen and oxygen atoms in total. The summed E-state index contributed by atoms with van der Waals surface area (Å²) in [6, 6.07) is 8.53. The third kappa shape index (κ3) is 2.66. The fraction of sp³-hybridized carbons (Fsp3) is 0.562. The Labute approximate surface area is 114 Å². The van der Waals surface area contributed by atoms with Crippen molar-refractivity contribution < 1.29 is 4.79 Å². The van der Waals surface area contributed by atoms with Gasteiger partial charge in [0.15, 0.2) is 0 Å². The van der Waals surface area contributed by atoms with Gasteiger partial charge in [0.1, 0.15) is 0 Å². The normalized spacial score (nSPS) is 29.2. The molecule has 0 radical (unpaired) electrons. The zero-order valence-corrected chi connectivity index (χ0v) is 11.5. The minimum absolute atomic E-state index is 0.0130. The predicted molar refractivity (Wildman–Crippen MR) is 76.1 cm³/mol. The van der Waals surface area contributed by atoms with Crippen LogP contribution in [-0.4, -0.2) is 25.0 Å². The van der Waals surface area contributed by atoms with E-state index in [1.807, 2.05) is 0 Å². The number of amides is 1. The minimum atomic E-state index is 0.0130. The molecule has 1 amide bonds. The topological polar surface area (TPSA) is 41.1 Å². The van der Waals surface area contributed by atoms with Crippen LogP contribution in [-0.2, 0) is 11.2 Å². The molecule has 3 heteroatoms. The van der Waals surface area contributed by atoms with Crippen molar-refractivity contribution in [3.63, 3.8) is 0 Å². The Morgan fingerprint density at radius 1 is 1.42 bits per heavy atom. The molecule has 3 unspecified atom stereocenters. The van der Waals surface area contributed by atoms with Crippen LogP contribution in [0.25, 0.3) is 0 Å². The largest absolute Gasteiger partial charge is 0.354 e. The average Bonchev–Trinajstić information content (AvgIpc) is 2.39. The van der Waals surface area contributed by atoms with Gasteiger partial charge in [-0.1, -0.05) is 31.2 Å². The van der Waals surface area contributed by atoms with Crippen molar-refractivity contribution in [1.29, 1.82) is 0 Å². The molecular formula is C16H22N2O. The van der Waals surface area contributed by atoms with Gasteiger partial charge in [0.05, 0.1) is 6.04 Å². The summed E-state index contributed by atoms with van der Waals surface area (Å²) in [5.41, 5.74) is 2.85. The maximum Gasteiger partial charge on any atom is 0.237 e. The lowest BCUT2D eigenvalue weighted by Crippen LogP contribution is -2.49. The van der Waals surface area contributed by atoms with Crippen LogP contribution < -0.4 is 10.6 Å². The molecule has 0 spiro atoms. The number of rotatable bonds is 3. The predicted octanol–water partition coefficient (Wildman–Crippen LogP) is 1.83. The number of hydrogen-bond donors (Lipinski definition) is 2. The van der Waals surface area contributed by atoms with Crippen molar-refractivity contribution in [3.8, 4) is 0 Å². The van der Waals surface area contributed by atoms with E-state index in [4.69, 9.17) is 0 Å². The van der Waals surface area contributed by atoms with Gasteiger partial charge in [0, 0.05) is 12.5 Å². The smallest absolute Gasteiger partial charge is 0.237 e. The van der Waals surface area contributed by atoms with E-state index in [9.17, 15) is 4.79 Å². The van der Waals surface area contributed by atoms with E-state index in [2.05, 4.69) is 41.8 Å². The minimum Gasteiger partial charge on any atom is -0.354 e. The summed E-state index contributed by atoms with van der Waals surface area (Å²) in [7, 11) is 0. The van der Waals surface area contributed by atoms with Crippen LogP contribution in [0.3, 0.4) is 0 Å². The van der Waals surface area contributed by atoms with Crippen molar-refractivity contribution in [1.82, 2.24) is 10.6 Å². The quantitative estimate of drug-likeness (QED) is 0.868. The summed E-state index contributed by atoms with van der Waals surface area (Å²) in [6.07, 6.45) is 3.25. The van der Waals surface area contributed by atoms with Crippen LogP contribution in [0.1, 0.15) is 36.8 Å². The zero-order chi connectivity index (χ0) is 13.2. The van der Waals surface area contributed by atoms with Crippen LogP contribution in [0.4, 0.5) is 0 Å². The highest BCUT2D eigenvalue weighted by Crippen LogP contribution is 2.34. The second-order valence-corrected chi connectivity index (χ2v) is 5.98. The van der Waals surface area contributed by atoms with Crippen molar-refractivity contribution in [3.05, 3.63) is 35.4 Å². The molecule has 0 aromatic heterocycles. The van der Waals surface area contributed by atoms with Gasteiger partial charge in [-0.3, -0.25) is 4.79 Å². The summed E-state index contributed by atoms with van der Waals surface area (Å²) >= 11 is 0. The van der Waals surface area contributed by atoms with Gasteiger partial charge in [0.2, 0.25) is 5.91 Å². The molecule has 2 aliphatic rings. The summed E-state index contributed by atoms with van der Waals surface area (Å²) in [5, 5.41) is 6.43. The fourth-order valence-electron chi connectivity index (χ4n) is 3.20. The Hall–Kier alpha value is -1.35. The lowest BCUT2D eigenvalue weighted by Gasteiger charge is -2.32. The summed E-state index contributed by atoms with van der Waals surface area (Å²) in [6.45, 7) is 3.97. The SMILES string of the molecule is CC1CCNC(C(=O)NCC2Cc3ccccc32)C1. The molecule has 3 atom stereocenters. The number of benzene rings is 1. The maximum atomic E-state index is 12.1. The molecule has 3 rings (SSSR count). The van der Waals surface area contributed by atoms with E-state index in [1.165, 1.54) is 17.5 Å². The monoisotopic (exact) mass is 258 g/mol. The summed E-state index contributed by atoms with van der Waals surface area (Å²) in [5.74, 6) is 1.35. The summed E-state index contributed by atoms with van der Waals surface area (Å²) < 4.78 is 0. The average molecular weight is 258 g/mol. The lowest BCUT2D eigenvalue weighted by atomic mass is 9.77. The highest BCUT2D eigenvalue weighted by atomic mass is 16.2. The van der Waals surface area contributed by atoms with Gasteiger partial charge < -0.3 is 10.6 Å². The molecule has 102 valence electrons. The molecular weight excluding hydrogens is 236 g/mol. The van der Waals surface area contributed by atoms with Crippen molar-refractivity contribution in [2.45, 2.75) is 38.1 Å².